The smallest absolute Gasteiger partial charge is 0.182 e. The number of aromatic nitrogens is 4. The highest BCUT2D eigenvalue weighted by Crippen LogP contribution is 2.68. The Kier molecular flexibility index (Phi) is 3.03. The van der Waals surface area contributed by atoms with Crippen molar-refractivity contribution in [1.82, 2.24) is 20.2 Å². The topological polar surface area (TPSA) is 69.6 Å². The first-order valence-corrected chi connectivity index (χ1v) is 7.44. The molecule has 112 valence electrons. The standard InChI is InChI=1S/C15H20ClN5/c1-14(2)12(15(14,3)4)8-21-13(18-19-20-21)9-5-6-11(17)10(16)7-9/h5-7,12H,8,17H2,1-4H3. The van der Waals surface area contributed by atoms with Crippen LogP contribution in [-0.2, 0) is 6.54 Å². The highest BCUT2D eigenvalue weighted by atomic mass is 35.5. The van der Waals surface area contributed by atoms with Crippen molar-refractivity contribution in [2.45, 2.75) is 34.2 Å². The van der Waals surface area contributed by atoms with Crippen LogP contribution in [0.2, 0.25) is 5.02 Å². The molecular formula is C15H20ClN5. The van der Waals surface area contributed by atoms with Crippen LogP contribution in [0.5, 0.6) is 0 Å². The lowest BCUT2D eigenvalue weighted by Crippen LogP contribution is -2.08. The van der Waals surface area contributed by atoms with Gasteiger partial charge in [0, 0.05) is 12.1 Å². The summed E-state index contributed by atoms with van der Waals surface area (Å²) in [6.07, 6.45) is 0. The molecule has 0 bridgehead atoms. The van der Waals surface area contributed by atoms with Crippen molar-refractivity contribution < 1.29 is 0 Å². The lowest BCUT2D eigenvalue weighted by molar-refractivity contribution is 0.457. The molecule has 2 aromatic rings. The fourth-order valence-electron chi connectivity index (χ4n) is 3.16. The highest BCUT2D eigenvalue weighted by Gasteiger charge is 2.64. The van der Waals surface area contributed by atoms with E-state index in [9.17, 15) is 0 Å². The molecule has 0 radical (unpaired) electrons. The Hall–Kier alpha value is -1.62. The van der Waals surface area contributed by atoms with Gasteiger partial charge in [0.1, 0.15) is 0 Å². The van der Waals surface area contributed by atoms with Crippen molar-refractivity contribution in [3.8, 4) is 11.4 Å². The summed E-state index contributed by atoms with van der Waals surface area (Å²) in [7, 11) is 0. The number of tetrazole rings is 1. The van der Waals surface area contributed by atoms with E-state index in [0.29, 0.717) is 27.5 Å². The largest absolute Gasteiger partial charge is 0.398 e. The number of hydrogen-bond donors (Lipinski definition) is 1. The van der Waals surface area contributed by atoms with Gasteiger partial charge >= 0.3 is 0 Å². The fraction of sp³-hybridized carbons (Fsp3) is 0.533. The molecule has 0 saturated heterocycles. The van der Waals surface area contributed by atoms with Crippen molar-refractivity contribution in [3.63, 3.8) is 0 Å². The maximum atomic E-state index is 6.09. The van der Waals surface area contributed by atoms with Gasteiger partial charge in [0.2, 0.25) is 0 Å². The number of nitrogens with zero attached hydrogens (tertiary/aromatic N) is 4. The van der Waals surface area contributed by atoms with Crippen LogP contribution in [0.1, 0.15) is 27.7 Å². The van der Waals surface area contributed by atoms with Crippen molar-refractivity contribution in [2.75, 3.05) is 5.73 Å². The molecule has 6 heteroatoms. The summed E-state index contributed by atoms with van der Waals surface area (Å²) in [6.45, 7) is 9.98. The van der Waals surface area contributed by atoms with E-state index in [1.165, 1.54) is 0 Å². The molecular weight excluding hydrogens is 286 g/mol. The predicted molar refractivity (Wildman–Crippen MR) is 83.7 cm³/mol. The summed E-state index contributed by atoms with van der Waals surface area (Å²) in [4.78, 5) is 0. The van der Waals surface area contributed by atoms with Gasteiger partial charge in [-0.05, 0) is 45.4 Å². The lowest BCUT2D eigenvalue weighted by Gasteiger charge is -2.07. The Balaban J connectivity index is 1.90. The first-order valence-electron chi connectivity index (χ1n) is 7.06. The summed E-state index contributed by atoms with van der Waals surface area (Å²) in [5.74, 6) is 1.28. The zero-order valence-electron chi connectivity index (χ0n) is 12.8. The number of nitrogens with two attached hydrogens (primary N) is 1. The third-order valence-electron chi connectivity index (χ3n) is 5.47. The van der Waals surface area contributed by atoms with Crippen LogP contribution in [-0.4, -0.2) is 20.2 Å². The molecule has 0 unspecified atom stereocenters. The second-order valence-electron chi connectivity index (χ2n) is 6.92. The maximum Gasteiger partial charge on any atom is 0.182 e. The second-order valence-corrected chi connectivity index (χ2v) is 7.32. The molecule has 0 amide bonds. The molecule has 5 nitrogen and oxygen atoms in total. The van der Waals surface area contributed by atoms with Crippen molar-refractivity contribution in [2.24, 2.45) is 16.7 Å². The van der Waals surface area contributed by atoms with Crippen LogP contribution in [0.4, 0.5) is 5.69 Å². The third kappa shape index (κ3) is 2.11. The Bertz CT molecular complexity index is 675. The van der Waals surface area contributed by atoms with Gasteiger partial charge in [-0.1, -0.05) is 39.3 Å². The van der Waals surface area contributed by atoms with Crippen LogP contribution in [0.25, 0.3) is 11.4 Å². The van der Waals surface area contributed by atoms with Crippen LogP contribution in [0, 0.1) is 16.7 Å². The molecule has 0 atom stereocenters. The van der Waals surface area contributed by atoms with Gasteiger partial charge in [-0.3, -0.25) is 0 Å². The average molecular weight is 306 g/mol. The SMILES string of the molecule is CC1(C)C(Cn2nnnc2-c2ccc(N)c(Cl)c2)C1(C)C. The highest BCUT2D eigenvalue weighted by molar-refractivity contribution is 6.33. The minimum atomic E-state index is 0.301. The minimum absolute atomic E-state index is 0.301. The Labute approximate surface area is 129 Å². The third-order valence-corrected chi connectivity index (χ3v) is 5.79. The molecule has 0 spiro atoms. The summed E-state index contributed by atoms with van der Waals surface area (Å²) >= 11 is 6.09. The first-order chi connectivity index (χ1) is 9.75. The number of benzene rings is 1. The van der Waals surface area contributed by atoms with Crippen molar-refractivity contribution in [3.05, 3.63) is 23.2 Å². The van der Waals surface area contributed by atoms with Gasteiger partial charge in [0.15, 0.2) is 5.82 Å². The van der Waals surface area contributed by atoms with E-state index in [4.69, 9.17) is 17.3 Å². The zero-order chi connectivity index (χ0) is 15.4. The van der Waals surface area contributed by atoms with Gasteiger partial charge in [-0.2, -0.15) is 0 Å². The van der Waals surface area contributed by atoms with E-state index in [1.807, 2.05) is 16.8 Å². The minimum Gasteiger partial charge on any atom is -0.398 e. The quantitative estimate of drug-likeness (QED) is 0.884. The molecule has 1 saturated carbocycles. The van der Waals surface area contributed by atoms with E-state index in [2.05, 4.69) is 43.2 Å². The summed E-state index contributed by atoms with van der Waals surface area (Å²) < 4.78 is 1.86. The molecule has 0 aliphatic heterocycles. The second kappa shape index (κ2) is 4.44. The molecule has 1 heterocycles. The van der Waals surface area contributed by atoms with Crippen molar-refractivity contribution >= 4 is 17.3 Å². The maximum absolute atomic E-state index is 6.09. The zero-order valence-corrected chi connectivity index (χ0v) is 13.5. The lowest BCUT2D eigenvalue weighted by atomic mass is 10.0. The van der Waals surface area contributed by atoms with Crippen LogP contribution in [0.15, 0.2) is 18.2 Å². The number of hydrogen-bond acceptors (Lipinski definition) is 4. The van der Waals surface area contributed by atoms with E-state index in [1.54, 1.807) is 6.07 Å². The van der Waals surface area contributed by atoms with Gasteiger partial charge in [0.05, 0.1) is 10.7 Å². The Morgan fingerprint density at radius 3 is 2.48 bits per heavy atom. The molecule has 3 rings (SSSR count). The number of nitrogen functional groups attached to an aromatic ring is 1. The van der Waals surface area contributed by atoms with E-state index < -0.39 is 0 Å². The van der Waals surface area contributed by atoms with Crippen molar-refractivity contribution in [1.29, 1.82) is 0 Å². The molecule has 1 aliphatic carbocycles. The Morgan fingerprint density at radius 2 is 1.90 bits per heavy atom. The number of rotatable bonds is 3. The van der Waals surface area contributed by atoms with Gasteiger partial charge in [0.25, 0.3) is 0 Å². The number of anilines is 1. The van der Waals surface area contributed by atoms with E-state index in [0.717, 1.165) is 17.9 Å². The number of halogens is 1. The normalized spacial score (nSPS) is 19.7. The molecule has 1 aromatic carbocycles. The van der Waals surface area contributed by atoms with Gasteiger partial charge in [-0.25, -0.2) is 4.68 Å². The fourth-order valence-corrected chi connectivity index (χ4v) is 3.34. The Morgan fingerprint density at radius 1 is 1.24 bits per heavy atom. The van der Waals surface area contributed by atoms with Gasteiger partial charge < -0.3 is 5.73 Å². The summed E-state index contributed by atoms with van der Waals surface area (Å²) in [5.41, 5.74) is 7.80. The predicted octanol–water partition coefficient (Wildman–Crippen LogP) is 3.26. The monoisotopic (exact) mass is 305 g/mol. The average Bonchev–Trinajstić information content (AvgIpc) is 2.77. The molecule has 21 heavy (non-hydrogen) atoms. The summed E-state index contributed by atoms with van der Waals surface area (Å²) in [6, 6.07) is 5.48. The van der Waals surface area contributed by atoms with Gasteiger partial charge in [-0.15, -0.1) is 5.10 Å². The summed E-state index contributed by atoms with van der Waals surface area (Å²) in [5, 5.41) is 12.6. The van der Waals surface area contributed by atoms with Crippen LogP contribution in [0.3, 0.4) is 0 Å². The van der Waals surface area contributed by atoms with Crippen LogP contribution >= 0.6 is 11.6 Å². The molecule has 1 aliphatic rings. The first kappa shape index (κ1) is 14.3. The van der Waals surface area contributed by atoms with Crippen LogP contribution < -0.4 is 5.73 Å². The molecule has 2 N–H and O–H groups in total. The van der Waals surface area contributed by atoms with E-state index in [-0.39, 0.29) is 0 Å². The molecule has 1 fully saturated rings. The van der Waals surface area contributed by atoms with E-state index >= 15 is 0 Å². The molecule has 1 aromatic heterocycles.